The number of rotatable bonds is 8. The molecule has 0 aliphatic rings. The zero-order chi connectivity index (χ0) is 17.5. The molecule has 0 aromatic heterocycles. The molecule has 0 fully saturated rings. The lowest BCUT2D eigenvalue weighted by atomic mass is 10.2. The van der Waals surface area contributed by atoms with Gasteiger partial charge in [-0.1, -0.05) is 0 Å². The number of benzene rings is 2. The molecule has 2 aromatic carbocycles. The van der Waals surface area contributed by atoms with Gasteiger partial charge in [0.1, 0.15) is 23.0 Å². The van der Waals surface area contributed by atoms with E-state index in [9.17, 15) is 14.8 Å². The lowest BCUT2D eigenvalue weighted by Gasteiger charge is -2.09. The standard InChI is InChI=1S/C16H19O7P/c1-20-15-5-11(3-13(17)7-15)9-22-24(19)23-10-12-4-14(18)8-16(6-12)21-2/h3-8,17-18,24H,9-10H2,1-2H3. The molecule has 0 spiro atoms. The van der Waals surface area contributed by atoms with E-state index in [2.05, 4.69) is 0 Å². The zero-order valence-corrected chi connectivity index (χ0v) is 14.3. The van der Waals surface area contributed by atoms with Crippen LogP contribution in [0.15, 0.2) is 36.4 Å². The molecule has 0 saturated heterocycles. The second kappa shape index (κ2) is 8.59. The van der Waals surface area contributed by atoms with Crippen LogP contribution in [0.2, 0.25) is 0 Å². The molecule has 0 bridgehead atoms. The number of ether oxygens (including phenoxy) is 2. The number of methoxy groups -OCH3 is 2. The third-order valence-electron chi connectivity index (χ3n) is 3.09. The van der Waals surface area contributed by atoms with Crippen molar-refractivity contribution in [2.45, 2.75) is 13.2 Å². The zero-order valence-electron chi connectivity index (χ0n) is 13.3. The normalized spacial score (nSPS) is 10.8. The van der Waals surface area contributed by atoms with Crippen molar-refractivity contribution in [2.75, 3.05) is 14.2 Å². The molecule has 7 nitrogen and oxygen atoms in total. The molecular weight excluding hydrogens is 335 g/mol. The average molecular weight is 354 g/mol. The molecule has 0 aliphatic heterocycles. The Morgan fingerprint density at radius 1 is 0.792 bits per heavy atom. The highest BCUT2D eigenvalue weighted by atomic mass is 31.1. The molecule has 8 heteroatoms. The topological polar surface area (TPSA) is 94.5 Å². The van der Waals surface area contributed by atoms with Crippen molar-refractivity contribution in [3.8, 4) is 23.0 Å². The van der Waals surface area contributed by atoms with Crippen molar-refractivity contribution in [1.82, 2.24) is 0 Å². The van der Waals surface area contributed by atoms with Crippen LogP contribution in [-0.2, 0) is 26.8 Å². The maximum Gasteiger partial charge on any atom is 0.319 e. The predicted octanol–water partition coefficient (Wildman–Crippen LogP) is 3.24. The summed E-state index contributed by atoms with van der Waals surface area (Å²) in [5.74, 6) is 1.00. The van der Waals surface area contributed by atoms with E-state index in [1.807, 2.05) is 0 Å². The summed E-state index contributed by atoms with van der Waals surface area (Å²) in [6, 6.07) is 9.20. The van der Waals surface area contributed by atoms with Crippen molar-refractivity contribution >= 4 is 8.25 Å². The molecule has 2 aromatic rings. The maximum absolute atomic E-state index is 11.8. The van der Waals surface area contributed by atoms with E-state index in [-0.39, 0.29) is 24.7 Å². The van der Waals surface area contributed by atoms with E-state index in [4.69, 9.17) is 18.5 Å². The van der Waals surface area contributed by atoms with E-state index in [0.29, 0.717) is 22.6 Å². The minimum atomic E-state index is -2.74. The molecule has 0 aliphatic carbocycles. The third-order valence-corrected chi connectivity index (χ3v) is 3.85. The van der Waals surface area contributed by atoms with Gasteiger partial charge in [-0.3, -0.25) is 4.57 Å². The number of hydrogen-bond acceptors (Lipinski definition) is 7. The fraction of sp³-hybridized carbons (Fsp3) is 0.250. The second-order valence-electron chi connectivity index (χ2n) is 4.91. The first-order valence-corrected chi connectivity index (χ1v) is 8.26. The van der Waals surface area contributed by atoms with E-state index >= 15 is 0 Å². The van der Waals surface area contributed by atoms with Gasteiger partial charge >= 0.3 is 8.25 Å². The first-order valence-electron chi connectivity index (χ1n) is 7.03. The fourth-order valence-electron chi connectivity index (χ4n) is 2.02. The van der Waals surface area contributed by atoms with Crippen LogP contribution in [0.5, 0.6) is 23.0 Å². The van der Waals surface area contributed by atoms with Gasteiger partial charge < -0.3 is 28.7 Å². The number of phenols is 2. The molecule has 0 unspecified atom stereocenters. The Bertz CT molecular complexity index is 658. The fourth-order valence-corrected chi connectivity index (χ4v) is 2.67. The third kappa shape index (κ3) is 5.45. The molecule has 0 atom stereocenters. The first-order chi connectivity index (χ1) is 11.5. The first kappa shape index (κ1) is 18.1. The lowest BCUT2D eigenvalue weighted by molar-refractivity contribution is 0.212. The van der Waals surface area contributed by atoms with Crippen molar-refractivity contribution in [1.29, 1.82) is 0 Å². The SMILES string of the molecule is COc1cc(O)cc(CO[PH](=O)OCc2cc(O)cc(OC)c2)c1. The number of hydrogen-bond donors (Lipinski definition) is 2. The molecule has 24 heavy (non-hydrogen) atoms. The van der Waals surface area contributed by atoms with Crippen LogP contribution in [0, 0.1) is 0 Å². The predicted molar refractivity (Wildman–Crippen MR) is 87.9 cm³/mol. The van der Waals surface area contributed by atoms with Gasteiger partial charge in [0.2, 0.25) is 0 Å². The smallest absolute Gasteiger partial charge is 0.319 e. The largest absolute Gasteiger partial charge is 0.508 e. The van der Waals surface area contributed by atoms with Gasteiger partial charge in [-0.25, -0.2) is 0 Å². The summed E-state index contributed by atoms with van der Waals surface area (Å²) < 4.78 is 32.2. The molecule has 0 amide bonds. The summed E-state index contributed by atoms with van der Waals surface area (Å²) >= 11 is 0. The van der Waals surface area contributed by atoms with E-state index in [1.165, 1.54) is 38.5 Å². The van der Waals surface area contributed by atoms with Gasteiger partial charge in [0, 0.05) is 12.1 Å². The summed E-state index contributed by atoms with van der Waals surface area (Å²) in [5.41, 5.74) is 1.21. The minimum Gasteiger partial charge on any atom is -0.508 e. The molecule has 130 valence electrons. The Balaban J connectivity index is 1.88. The quantitative estimate of drug-likeness (QED) is 0.703. The van der Waals surface area contributed by atoms with E-state index in [1.54, 1.807) is 12.1 Å². The van der Waals surface area contributed by atoms with E-state index < -0.39 is 8.25 Å². The van der Waals surface area contributed by atoms with Crippen LogP contribution in [0.25, 0.3) is 0 Å². The van der Waals surface area contributed by atoms with Gasteiger partial charge in [-0.2, -0.15) is 0 Å². The second-order valence-corrected chi connectivity index (χ2v) is 5.98. The average Bonchev–Trinajstić information content (AvgIpc) is 2.57. The van der Waals surface area contributed by atoms with Gasteiger partial charge in [-0.05, 0) is 35.4 Å². The van der Waals surface area contributed by atoms with Crippen molar-refractivity contribution in [3.05, 3.63) is 47.5 Å². The molecule has 0 radical (unpaired) electrons. The summed E-state index contributed by atoms with van der Waals surface area (Å²) in [4.78, 5) is 0. The van der Waals surface area contributed by atoms with Crippen LogP contribution < -0.4 is 9.47 Å². The summed E-state index contributed by atoms with van der Waals surface area (Å²) in [6.07, 6.45) is 0. The van der Waals surface area contributed by atoms with Crippen LogP contribution in [0.4, 0.5) is 0 Å². The monoisotopic (exact) mass is 354 g/mol. The molecule has 2 N–H and O–H groups in total. The number of aromatic hydroxyl groups is 2. The summed E-state index contributed by atoms with van der Waals surface area (Å²) in [7, 11) is 0.219. The molecule has 2 rings (SSSR count). The van der Waals surface area contributed by atoms with Crippen molar-refractivity contribution in [2.24, 2.45) is 0 Å². The lowest BCUT2D eigenvalue weighted by Crippen LogP contribution is -1.92. The van der Waals surface area contributed by atoms with Gasteiger partial charge in [0.25, 0.3) is 0 Å². The van der Waals surface area contributed by atoms with Crippen LogP contribution in [-0.4, -0.2) is 24.4 Å². The van der Waals surface area contributed by atoms with E-state index in [0.717, 1.165) is 0 Å². The maximum atomic E-state index is 11.8. The molecule has 0 heterocycles. The van der Waals surface area contributed by atoms with Gasteiger partial charge in [0.05, 0.1) is 27.4 Å². The Kier molecular flexibility index (Phi) is 6.49. The highest BCUT2D eigenvalue weighted by Gasteiger charge is 2.06. The Labute approximate surface area is 140 Å². The number of phenolic OH excluding ortho intramolecular Hbond substituents is 2. The Hall–Kier alpha value is -2.21. The Morgan fingerprint density at radius 2 is 1.21 bits per heavy atom. The van der Waals surface area contributed by atoms with Gasteiger partial charge in [-0.15, -0.1) is 0 Å². The van der Waals surface area contributed by atoms with Crippen molar-refractivity contribution in [3.63, 3.8) is 0 Å². The van der Waals surface area contributed by atoms with Crippen LogP contribution >= 0.6 is 8.25 Å². The van der Waals surface area contributed by atoms with Crippen LogP contribution in [0.3, 0.4) is 0 Å². The molecule has 0 saturated carbocycles. The van der Waals surface area contributed by atoms with Gasteiger partial charge in [0.15, 0.2) is 0 Å². The van der Waals surface area contributed by atoms with Crippen molar-refractivity contribution < 1.29 is 33.3 Å². The summed E-state index contributed by atoms with van der Waals surface area (Å²) in [5, 5.41) is 19.1. The summed E-state index contributed by atoms with van der Waals surface area (Å²) in [6.45, 7) is 0.0117. The minimum absolute atomic E-state index is 0.00587. The highest BCUT2D eigenvalue weighted by molar-refractivity contribution is 7.33. The molecular formula is C16H19O7P. The van der Waals surface area contributed by atoms with Crippen LogP contribution in [0.1, 0.15) is 11.1 Å². The highest BCUT2D eigenvalue weighted by Crippen LogP contribution is 2.31. The Morgan fingerprint density at radius 3 is 1.58 bits per heavy atom.